The zero-order valence-corrected chi connectivity index (χ0v) is 13.9. The Labute approximate surface area is 135 Å². The average molecular weight is 319 g/mol. The number of hydrogen-bond donors (Lipinski definition) is 2. The number of rotatable bonds is 5. The van der Waals surface area contributed by atoms with E-state index in [-0.39, 0.29) is 18.2 Å². The minimum Gasteiger partial charge on any atom is -0.326 e. The number of thioether (sulfide) groups is 1. The Morgan fingerprint density at radius 2 is 2.05 bits per heavy atom. The molecule has 1 saturated heterocycles. The maximum absolute atomic E-state index is 12.0. The number of nitrogens with zero attached hydrogens (tertiary/aromatic N) is 1. The number of aryl methyl sites for hydroxylation is 1. The van der Waals surface area contributed by atoms with Gasteiger partial charge in [0.25, 0.3) is 0 Å². The number of hydrogen-bond acceptors (Lipinski definition) is 4. The van der Waals surface area contributed by atoms with Crippen molar-refractivity contribution in [3.8, 4) is 0 Å². The van der Waals surface area contributed by atoms with Crippen LogP contribution in [0.5, 0.6) is 0 Å². The molecule has 1 fully saturated rings. The second kappa shape index (κ2) is 7.45. The first-order valence-electron chi connectivity index (χ1n) is 7.32. The zero-order chi connectivity index (χ0) is 16.1. The fraction of sp³-hybridized carbons (Fsp3) is 0.438. The van der Waals surface area contributed by atoms with Gasteiger partial charge in [0.15, 0.2) is 5.17 Å². The first-order chi connectivity index (χ1) is 10.4. The molecule has 0 aromatic heterocycles. The molecule has 1 aromatic rings. The van der Waals surface area contributed by atoms with Gasteiger partial charge >= 0.3 is 0 Å². The predicted octanol–water partition coefficient (Wildman–Crippen LogP) is 2.57. The van der Waals surface area contributed by atoms with Crippen LogP contribution in [0.2, 0.25) is 0 Å². The molecule has 1 aliphatic rings. The molecule has 1 aromatic carbocycles. The summed E-state index contributed by atoms with van der Waals surface area (Å²) < 4.78 is 0. The Hall–Kier alpha value is -1.82. The molecule has 0 bridgehead atoms. The molecule has 118 valence electrons. The van der Waals surface area contributed by atoms with Crippen LogP contribution in [0.1, 0.15) is 25.8 Å². The number of amides is 2. The van der Waals surface area contributed by atoms with E-state index in [4.69, 9.17) is 0 Å². The van der Waals surface area contributed by atoms with Gasteiger partial charge < -0.3 is 10.6 Å². The minimum absolute atomic E-state index is 0.144. The molecule has 2 rings (SSSR count). The van der Waals surface area contributed by atoms with Crippen LogP contribution in [0.3, 0.4) is 0 Å². The molecule has 6 heteroatoms. The normalized spacial score (nSPS) is 19.5. The van der Waals surface area contributed by atoms with E-state index in [0.717, 1.165) is 11.3 Å². The second-order valence-electron chi connectivity index (χ2n) is 5.75. The molecular weight excluding hydrogens is 298 g/mol. The number of nitrogens with one attached hydrogen (secondary N) is 2. The minimum atomic E-state index is -0.406. The van der Waals surface area contributed by atoms with Crippen LogP contribution in [0.25, 0.3) is 0 Å². The van der Waals surface area contributed by atoms with Crippen molar-refractivity contribution in [1.82, 2.24) is 5.32 Å². The summed E-state index contributed by atoms with van der Waals surface area (Å²) in [5, 5.41) is 5.75. The molecule has 0 spiro atoms. The van der Waals surface area contributed by atoms with Crippen molar-refractivity contribution >= 4 is 34.4 Å². The van der Waals surface area contributed by atoms with E-state index in [0.29, 0.717) is 17.6 Å². The van der Waals surface area contributed by atoms with E-state index in [2.05, 4.69) is 29.5 Å². The van der Waals surface area contributed by atoms with Gasteiger partial charge in [-0.1, -0.05) is 43.3 Å². The van der Waals surface area contributed by atoms with Gasteiger partial charge in [-0.25, -0.2) is 0 Å². The molecule has 0 radical (unpaired) electrons. The summed E-state index contributed by atoms with van der Waals surface area (Å²) >= 11 is 1.33. The van der Waals surface area contributed by atoms with Gasteiger partial charge in [0, 0.05) is 18.7 Å². The Bertz CT molecular complexity index is 582. The van der Waals surface area contributed by atoms with E-state index < -0.39 is 5.25 Å². The number of carbonyl (C=O) groups excluding carboxylic acids is 2. The lowest BCUT2D eigenvalue weighted by Crippen LogP contribution is -2.28. The first kappa shape index (κ1) is 16.5. The maximum Gasteiger partial charge on any atom is 0.240 e. The number of amidine groups is 1. The van der Waals surface area contributed by atoms with E-state index in [1.54, 1.807) is 0 Å². The van der Waals surface area contributed by atoms with Crippen molar-refractivity contribution in [2.75, 3.05) is 11.9 Å². The van der Waals surface area contributed by atoms with Crippen LogP contribution in [0.15, 0.2) is 29.3 Å². The summed E-state index contributed by atoms with van der Waals surface area (Å²) in [5.74, 6) is 0.127. The monoisotopic (exact) mass is 319 g/mol. The largest absolute Gasteiger partial charge is 0.326 e. The molecule has 5 nitrogen and oxygen atoms in total. The highest BCUT2D eigenvalue weighted by molar-refractivity contribution is 8.15. The molecule has 1 heterocycles. The van der Waals surface area contributed by atoms with Crippen LogP contribution in [0.4, 0.5) is 5.69 Å². The highest BCUT2D eigenvalue weighted by Gasteiger charge is 2.31. The first-order valence-corrected chi connectivity index (χ1v) is 8.20. The summed E-state index contributed by atoms with van der Waals surface area (Å²) in [6, 6.07) is 7.57. The predicted molar refractivity (Wildman–Crippen MR) is 91.1 cm³/mol. The van der Waals surface area contributed by atoms with E-state index in [9.17, 15) is 9.59 Å². The topological polar surface area (TPSA) is 70.6 Å². The van der Waals surface area contributed by atoms with Crippen LogP contribution in [0, 0.1) is 12.8 Å². The van der Waals surface area contributed by atoms with Crippen molar-refractivity contribution in [2.45, 2.75) is 32.4 Å². The van der Waals surface area contributed by atoms with Crippen molar-refractivity contribution < 1.29 is 9.59 Å². The number of aliphatic imine (C=N–C) groups is 1. The molecule has 1 atom stereocenters. The lowest BCUT2D eigenvalue weighted by molar-refractivity contribution is -0.122. The highest BCUT2D eigenvalue weighted by Crippen LogP contribution is 2.23. The van der Waals surface area contributed by atoms with Gasteiger partial charge in [0.2, 0.25) is 11.8 Å². The third-order valence-corrected chi connectivity index (χ3v) is 4.20. The quantitative estimate of drug-likeness (QED) is 0.876. The van der Waals surface area contributed by atoms with Gasteiger partial charge in [0.05, 0.1) is 0 Å². The Morgan fingerprint density at radius 3 is 2.68 bits per heavy atom. The zero-order valence-electron chi connectivity index (χ0n) is 13.1. The Balaban J connectivity index is 1.87. The Kier molecular flexibility index (Phi) is 5.60. The average Bonchev–Trinajstić information content (AvgIpc) is 2.79. The molecule has 0 aliphatic carbocycles. The van der Waals surface area contributed by atoms with Crippen molar-refractivity contribution in [1.29, 1.82) is 0 Å². The number of benzene rings is 1. The van der Waals surface area contributed by atoms with Gasteiger partial charge in [-0.2, -0.15) is 0 Å². The Morgan fingerprint density at radius 1 is 1.36 bits per heavy atom. The SMILES string of the molecule is Cc1ccc(NC(=O)CC2SC(=NCC(C)C)NC2=O)cc1. The van der Waals surface area contributed by atoms with E-state index >= 15 is 0 Å². The van der Waals surface area contributed by atoms with Gasteiger partial charge in [-0.3, -0.25) is 14.6 Å². The van der Waals surface area contributed by atoms with Crippen molar-refractivity contribution in [3.63, 3.8) is 0 Å². The fourth-order valence-corrected chi connectivity index (χ4v) is 2.88. The van der Waals surface area contributed by atoms with Crippen molar-refractivity contribution in [3.05, 3.63) is 29.8 Å². The van der Waals surface area contributed by atoms with Gasteiger partial charge in [-0.15, -0.1) is 0 Å². The highest BCUT2D eigenvalue weighted by atomic mass is 32.2. The van der Waals surface area contributed by atoms with E-state index in [1.165, 1.54) is 11.8 Å². The summed E-state index contributed by atoms with van der Waals surface area (Å²) in [4.78, 5) is 28.2. The molecule has 2 N–H and O–H groups in total. The summed E-state index contributed by atoms with van der Waals surface area (Å²) in [5.41, 5.74) is 1.88. The maximum atomic E-state index is 12.0. The smallest absolute Gasteiger partial charge is 0.240 e. The summed E-state index contributed by atoms with van der Waals surface area (Å²) in [7, 11) is 0. The molecule has 0 saturated carbocycles. The van der Waals surface area contributed by atoms with Crippen LogP contribution >= 0.6 is 11.8 Å². The fourth-order valence-electron chi connectivity index (χ4n) is 1.90. The molecule has 22 heavy (non-hydrogen) atoms. The summed E-state index contributed by atoms with van der Waals surface area (Å²) in [6.45, 7) is 6.80. The summed E-state index contributed by atoms with van der Waals surface area (Å²) in [6.07, 6.45) is 0.144. The van der Waals surface area contributed by atoms with E-state index in [1.807, 2.05) is 31.2 Å². The third kappa shape index (κ3) is 4.87. The van der Waals surface area contributed by atoms with Crippen LogP contribution in [-0.2, 0) is 9.59 Å². The molecule has 2 amide bonds. The van der Waals surface area contributed by atoms with Crippen LogP contribution < -0.4 is 10.6 Å². The van der Waals surface area contributed by atoms with Crippen molar-refractivity contribution in [2.24, 2.45) is 10.9 Å². The molecule has 1 unspecified atom stereocenters. The number of anilines is 1. The van der Waals surface area contributed by atoms with Gasteiger partial charge in [-0.05, 0) is 25.0 Å². The third-order valence-electron chi connectivity index (χ3n) is 3.08. The second-order valence-corrected chi connectivity index (χ2v) is 6.95. The lowest BCUT2D eigenvalue weighted by Gasteiger charge is -2.07. The van der Waals surface area contributed by atoms with Crippen LogP contribution in [-0.4, -0.2) is 28.8 Å². The van der Waals surface area contributed by atoms with Gasteiger partial charge in [0.1, 0.15) is 5.25 Å². The standard InChI is InChI=1S/C16H21N3O2S/c1-10(2)9-17-16-19-15(21)13(22-16)8-14(20)18-12-6-4-11(3)5-7-12/h4-7,10,13H,8-9H2,1-3H3,(H,18,20)(H,17,19,21). The number of carbonyl (C=O) groups is 2. The molecular formula is C16H21N3O2S. The lowest BCUT2D eigenvalue weighted by atomic mass is 10.2. The molecule has 1 aliphatic heterocycles.